The fraction of sp³-hybridized carbons (Fsp3) is 0.765. The molecule has 7 N–H and O–H groups in total. The van der Waals surface area contributed by atoms with Gasteiger partial charge in [-0.1, -0.05) is 34.1 Å². The monoisotopic (exact) mass is 420 g/mol. The van der Waals surface area contributed by atoms with Crippen LogP contribution in [-0.2, 0) is 19.2 Å². The predicted molar refractivity (Wildman–Crippen MR) is 107 cm³/mol. The van der Waals surface area contributed by atoms with E-state index in [9.17, 15) is 29.4 Å². The largest absolute Gasteiger partial charge is 0.480 e. The third-order valence-electron chi connectivity index (χ3n) is 4.37. The molecule has 0 saturated heterocycles. The topological polar surface area (TPSA) is 171 Å². The van der Waals surface area contributed by atoms with E-state index in [1.165, 1.54) is 0 Å². The van der Waals surface area contributed by atoms with Gasteiger partial charge in [-0.3, -0.25) is 14.4 Å². The second-order valence-electron chi connectivity index (χ2n) is 6.97. The van der Waals surface area contributed by atoms with Gasteiger partial charge in [-0.25, -0.2) is 4.79 Å². The van der Waals surface area contributed by atoms with E-state index in [2.05, 4.69) is 28.6 Å². The molecule has 0 saturated carbocycles. The molecule has 0 aliphatic carbocycles. The molecule has 3 amide bonds. The number of hydrogen-bond donors (Lipinski definition) is 7. The van der Waals surface area contributed by atoms with Gasteiger partial charge in [0.25, 0.3) is 0 Å². The number of nitrogens with two attached hydrogens (primary N) is 1. The number of hydrogen-bond acceptors (Lipinski definition) is 7. The lowest BCUT2D eigenvalue weighted by molar-refractivity contribution is -0.144. The van der Waals surface area contributed by atoms with Gasteiger partial charge in [0.1, 0.15) is 18.1 Å². The number of aliphatic hydroxyl groups excluding tert-OH is 1. The van der Waals surface area contributed by atoms with Crippen LogP contribution in [0.3, 0.4) is 0 Å². The fourth-order valence-electron chi connectivity index (χ4n) is 2.27. The van der Waals surface area contributed by atoms with E-state index < -0.39 is 54.5 Å². The van der Waals surface area contributed by atoms with Crippen molar-refractivity contribution in [2.75, 3.05) is 12.4 Å². The molecule has 0 aromatic heterocycles. The Morgan fingerprint density at radius 1 is 0.964 bits per heavy atom. The van der Waals surface area contributed by atoms with Gasteiger partial charge in [-0.2, -0.15) is 12.6 Å². The molecule has 10 nitrogen and oxygen atoms in total. The molecule has 0 aliphatic heterocycles. The van der Waals surface area contributed by atoms with E-state index in [4.69, 9.17) is 5.73 Å². The Bertz CT molecular complexity index is 560. The first-order chi connectivity index (χ1) is 13.0. The number of amides is 3. The van der Waals surface area contributed by atoms with Crippen molar-refractivity contribution in [1.82, 2.24) is 16.0 Å². The Kier molecular flexibility index (Phi) is 11.7. The van der Waals surface area contributed by atoms with E-state index in [-0.39, 0.29) is 17.6 Å². The summed E-state index contributed by atoms with van der Waals surface area (Å²) in [6, 6.07) is -4.42. The molecule has 0 spiro atoms. The molecule has 0 rings (SSSR count). The number of aliphatic hydroxyl groups is 1. The Morgan fingerprint density at radius 2 is 1.50 bits per heavy atom. The molecule has 0 radical (unpaired) electrons. The molecule has 0 aromatic rings. The second-order valence-corrected chi connectivity index (χ2v) is 7.34. The number of carboxylic acid groups (broad SMARTS) is 1. The highest BCUT2D eigenvalue weighted by molar-refractivity contribution is 7.80. The van der Waals surface area contributed by atoms with Crippen LogP contribution in [0, 0.1) is 11.8 Å². The summed E-state index contributed by atoms with van der Waals surface area (Å²) in [6.07, 6.45) is 0.526. The summed E-state index contributed by atoms with van der Waals surface area (Å²) in [5.74, 6) is -3.91. The first-order valence-corrected chi connectivity index (χ1v) is 9.74. The summed E-state index contributed by atoms with van der Waals surface area (Å²) in [5.41, 5.74) is 5.53. The van der Waals surface area contributed by atoms with Crippen LogP contribution in [0.25, 0.3) is 0 Å². The van der Waals surface area contributed by atoms with Crippen LogP contribution in [0.15, 0.2) is 0 Å². The van der Waals surface area contributed by atoms with Crippen LogP contribution in [-0.4, -0.2) is 70.4 Å². The van der Waals surface area contributed by atoms with Gasteiger partial charge in [-0.15, -0.1) is 0 Å². The Labute approximate surface area is 170 Å². The number of carbonyl (C=O) groups is 4. The SMILES string of the molecule is CCC(C)C(NC(=O)C(CO)NC(=O)C(N)CS)C(=O)NC(C(=O)O)C(C)C. The molecule has 0 fully saturated rings. The van der Waals surface area contributed by atoms with Gasteiger partial charge in [0.05, 0.1) is 12.6 Å². The smallest absolute Gasteiger partial charge is 0.326 e. The van der Waals surface area contributed by atoms with E-state index in [0.717, 1.165) is 0 Å². The van der Waals surface area contributed by atoms with Gasteiger partial charge in [0, 0.05) is 5.75 Å². The van der Waals surface area contributed by atoms with Crippen molar-refractivity contribution in [2.45, 2.75) is 58.3 Å². The van der Waals surface area contributed by atoms with E-state index in [1.807, 2.05) is 6.92 Å². The van der Waals surface area contributed by atoms with E-state index in [1.54, 1.807) is 20.8 Å². The number of thiol groups is 1. The van der Waals surface area contributed by atoms with Gasteiger partial charge in [0.15, 0.2) is 0 Å². The second kappa shape index (κ2) is 12.6. The average molecular weight is 421 g/mol. The molecule has 5 unspecified atom stereocenters. The van der Waals surface area contributed by atoms with E-state index >= 15 is 0 Å². The van der Waals surface area contributed by atoms with Crippen LogP contribution in [0.5, 0.6) is 0 Å². The molecule has 0 aromatic carbocycles. The van der Waals surface area contributed by atoms with Crippen molar-refractivity contribution >= 4 is 36.3 Å². The quantitative estimate of drug-likeness (QED) is 0.188. The normalized spacial score (nSPS) is 16.4. The molecule has 0 heterocycles. The lowest BCUT2D eigenvalue weighted by atomic mass is 9.96. The van der Waals surface area contributed by atoms with Gasteiger partial charge in [0.2, 0.25) is 17.7 Å². The lowest BCUT2D eigenvalue weighted by Crippen LogP contribution is -2.60. The zero-order valence-corrected chi connectivity index (χ0v) is 17.5. The maximum Gasteiger partial charge on any atom is 0.326 e. The van der Waals surface area contributed by atoms with E-state index in [0.29, 0.717) is 6.42 Å². The van der Waals surface area contributed by atoms with Crippen molar-refractivity contribution in [3.05, 3.63) is 0 Å². The Balaban J connectivity index is 5.30. The molecule has 0 aliphatic rings. The maximum atomic E-state index is 12.6. The van der Waals surface area contributed by atoms with Crippen LogP contribution in [0.2, 0.25) is 0 Å². The average Bonchev–Trinajstić information content (AvgIpc) is 2.65. The minimum Gasteiger partial charge on any atom is -0.480 e. The molecular weight excluding hydrogens is 388 g/mol. The molecule has 162 valence electrons. The number of rotatable bonds is 12. The summed E-state index contributed by atoms with van der Waals surface area (Å²) in [5, 5.41) is 25.9. The van der Waals surface area contributed by atoms with Crippen LogP contribution in [0.4, 0.5) is 0 Å². The highest BCUT2D eigenvalue weighted by atomic mass is 32.1. The standard InChI is InChI=1S/C17H32N4O6S/c1-5-9(4)13(16(25)20-12(8(2)3)17(26)27)21-15(24)11(6-22)19-14(23)10(18)7-28/h8-13,22,28H,5-7,18H2,1-4H3,(H,19,23)(H,20,25)(H,21,24)(H,26,27). The highest BCUT2D eigenvalue weighted by Gasteiger charge is 2.33. The zero-order valence-electron chi connectivity index (χ0n) is 16.6. The third kappa shape index (κ3) is 8.03. The third-order valence-corrected chi connectivity index (χ3v) is 4.77. The summed E-state index contributed by atoms with van der Waals surface area (Å²) < 4.78 is 0. The zero-order chi connectivity index (χ0) is 22.0. The van der Waals surface area contributed by atoms with Crippen molar-refractivity contribution in [3.63, 3.8) is 0 Å². The Hall–Kier alpha value is -1.85. The minimum atomic E-state index is -1.31. The molecule has 5 atom stereocenters. The van der Waals surface area contributed by atoms with Crippen molar-refractivity contribution in [3.8, 4) is 0 Å². The molecule has 28 heavy (non-hydrogen) atoms. The number of nitrogens with one attached hydrogen (secondary N) is 3. The van der Waals surface area contributed by atoms with Crippen molar-refractivity contribution in [1.29, 1.82) is 0 Å². The van der Waals surface area contributed by atoms with Crippen molar-refractivity contribution in [2.24, 2.45) is 17.6 Å². The summed E-state index contributed by atoms with van der Waals surface area (Å²) in [4.78, 5) is 48.2. The molecule has 0 bridgehead atoms. The van der Waals surface area contributed by atoms with Gasteiger partial charge in [-0.05, 0) is 11.8 Å². The summed E-state index contributed by atoms with van der Waals surface area (Å²) >= 11 is 3.90. The Morgan fingerprint density at radius 3 is 1.89 bits per heavy atom. The number of carbonyl (C=O) groups excluding carboxylic acids is 3. The summed E-state index contributed by atoms with van der Waals surface area (Å²) in [6.45, 7) is 6.13. The highest BCUT2D eigenvalue weighted by Crippen LogP contribution is 2.10. The van der Waals surface area contributed by atoms with Crippen LogP contribution >= 0.6 is 12.6 Å². The van der Waals surface area contributed by atoms with Crippen molar-refractivity contribution < 1.29 is 29.4 Å². The molecule has 11 heteroatoms. The van der Waals surface area contributed by atoms with Gasteiger partial charge >= 0.3 is 5.97 Å². The predicted octanol–water partition coefficient (Wildman–Crippen LogP) is -1.52. The van der Waals surface area contributed by atoms with Crippen LogP contribution in [0.1, 0.15) is 34.1 Å². The van der Waals surface area contributed by atoms with Gasteiger partial charge < -0.3 is 31.9 Å². The first-order valence-electron chi connectivity index (χ1n) is 9.11. The number of carboxylic acids is 1. The van der Waals surface area contributed by atoms with Crippen LogP contribution < -0.4 is 21.7 Å². The number of aliphatic carboxylic acids is 1. The summed E-state index contributed by atoms with van der Waals surface area (Å²) in [7, 11) is 0. The lowest BCUT2D eigenvalue weighted by Gasteiger charge is -2.28. The fourth-order valence-corrected chi connectivity index (χ4v) is 2.43. The maximum absolute atomic E-state index is 12.6. The molecular formula is C17H32N4O6S. The minimum absolute atomic E-state index is 0.0509. The first kappa shape index (κ1) is 26.1.